The molecule has 1 aliphatic rings. The summed E-state index contributed by atoms with van der Waals surface area (Å²) in [4.78, 5) is 56.6. The Morgan fingerprint density at radius 3 is 2.41 bits per heavy atom. The summed E-state index contributed by atoms with van der Waals surface area (Å²) < 4.78 is 11.5. The zero-order valence-corrected chi connectivity index (χ0v) is 18.4. The number of carbonyl (C=O) groups excluding carboxylic acids is 3. The fraction of sp³-hybridized carbons (Fsp3) is 0.318. The molecule has 2 aromatic heterocycles. The zero-order valence-electron chi connectivity index (χ0n) is 17.6. The molecule has 9 nitrogen and oxygen atoms in total. The van der Waals surface area contributed by atoms with Crippen LogP contribution in [-0.2, 0) is 16.0 Å². The van der Waals surface area contributed by atoms with E-state index in [-0.39, 0.29) is 43.7 Å². The number of nitrogens with zero attached hydrogens (tertiary/aromatic N) is 3. The summed E-state index contributed by atoms with van der Waals surface area (Å²) in [5.74, 6) is -1.16. The minimum atomic E-state index is -0.515. The largest absolute Gasteiger partial charge is 0.459 e. The topological polar surface area (TPSA) is 108 Å². The quantitative estimate of drug-likeness (QED) is 0.291. The van der Waals surface area contributed by atoms with Gasteiger partial charge >= 0.3 is 5.97 Å². The lowest BCUT2D eigenvalue weighted by molar-refractivity contribution is 0.0392. The summed E-state index contributed by atoms with van der Waals surface area (Å²) in [6.07, 6.45) is 1.82. The molecule has 0 radical (unpaired) electrons. The van der Waals surface area contributed by atoms with Crippen molar-refractivity contribution in [2.75, 3.05) is 26.9 Å². The number of fused-ring (bicyclic) bond motifs is 2. The second-order valence-electron chi connectivity index (χ2n) is 7.27. The summed E-state index contributed by atoms with van der Waals surface area (Å²) >= 11 is 1.11. The van der Waals surface area contributed by atoms with Crippen molar-refractivity contribution in [3.05, 3.63) is 62.5 Å². The van der Waals surface area contributed by atoms with E-state index in [2.05, 4.69) is 4.98 Å². The Balaban J connectivity index is 1.48. The highest BCUT2D eigenvalue weighted by molar-refractivity contribution is 7.20. The molecule has 166 valence electrons. The summed E-state index contributed by atoms with van der Waals surface area (Å²) in [7, 11) is 1.51. The normalized spacial score (nSPS) is 13.1. The van der Waals surface area contributed by atoms with Gasteiger partial charge in [0.05, 0.1) is 29.4 Å². The second-order valence-corrected chi connectivity index (χ2v) is 8.27. The van der Waals surface area contributed by atoms with Gasteiger partial charge in [0.15, 0.2) is 0 Å². The van der Waals surface area contributed by atoms with Crippen molar-refractivity contribution in [3.63, 3.8) is 0 Å². The van der Waals surface area contributed by atoms with Gasteiger partial charge in [-0.15, -0.1) is 11.3 Å². The van der Waals surface area contributed by atoms with Gasteiger partial charge in [0.2, 0.25) is 0 Å². The molecule has 4 rings (SSSR count). The first-order valence-corrected chi connectivity index (χ1v) is 10.9. The fourth-order valence-corrected chi connectivity index (χ4v) is 4.67. The summed E-state index contributed by atoms with van der Waals surface area (Å²) in [5, 5.41) is 0.372. The van der Waals surface area contributed by atoms with Crippen molar-refractivity contribution in [1.29, 1.82) is 0 Å². The van der Waals surface area contributed by atoms with E-state index in [1.54, 1.807) is 31.2 Å². The smallest absolute Gasteiger partial charge is 0.348 e. The third kappa shape index (κ3) is 3.82. The first-order valence-electron chi connectivity index (χ1n) is 10.0. The third-order valence-corrected chi connectivity index (χ3v) is 6.46. The average molecular weight is 455 g/mol. The highest BCUT2D eigenvalue weighted by atomic mass is 32.1. The number of aryl methyl sites for hydroxylation is 2. The number of methoxy groups -OCH3 is 1. The van der Waals surface area contributed by atoms with Gasteiger partial charge in [0.1, 0.15) is 16.3 Å². The molecule has 32 heavy (non-hydrogen) atoms. The maximum atomic E-state index is 13.0. The van der Waals surface area contributed by atoms with E-state index >= 15 is 0 Å². The van der Waals surface area contributed by atoms with E-state index in [9.17, 15) is 19.2 Å². The maximum absolute atomic E-state index is 13.0. The van der Waals surface area contributed by atoms with Crippen LogP contribution in [0.4, 0.5) is 0 Å². The van der Waals surface area contributed by atoms with Crippen molar-refractivity contribution in [3.8, 4) is 0 Å². The van der Waals surface area contributed by atoms with E-state index in [4.69, 9.17) is 9.47 Å². The van der Waals surface area contributed by atoms with Gasteiger partial charge in [-0.05, 0) is 31.0 Å². The van der Waals surface area contributed by atoms with Crippen molar-refractivity contribution >= 4 is 39.3 Å². The van der Waals surface area contributed by atoms with Crippen molar-refractivity contribution in [1.82, 2.24) is 14.5 Å². The number of hydrogen-bond acceptors (Lipinski definition) is 8. The molecule has 0 unspecified atom stereocenters. The minimum Gasteiger partial charge on any atom is -0.459 e. The number of amides is 2. The van der Waals surface area contributed by atoms with Crippen molar-refractivity contribution < 1.29 is 23.9 Å². The Hall–Kier alpha value is -3.37. The van der Waals surface area contributed by atoms with E-state index in [1.807, 2.05) is 0 Å². The molecule has 0 bridgehead atoms. The number of aromatic nitrogens is 2. The first kappa shape index (κ1) is 21.8. The summed E-state index contributed by atoms with van der Waals surface area (Å²) in [6, 6.07) is 6.71. The van der Waals surface area contributed by atoms with E-state index in [0.29, 0.717) is 38.2 Å². The first-order chi connectivity index (χ1) is 15.4. The molecule has 0 saturated carbocycles. The zero-order chi connectivity index (χ0) is 22.8. The molecule has 0 spiro atoms. The van der Waals surface area contributed by atoms with Crippen LogP contribution in [0.5, 0.6) is 0 Å². The molecule has 2 amide bonds. The summed E-state index contributed by atoms with van der Waals surface area (Å²) in [5.41, 5.74) is 1.05. The monoisotopic (exact) mass is 455 g/mol. The molecule has 10 heteroatoms. The molecule has 1 aliphatic heterocycles. The predicted molar refractivity (Wildman–Crippen MR) is 117 cm³/mol. The summed E-state index contributed by atoms with van der Waals surface area (Å²) in [6.45, 7) is 2.57. The molecule has 0 atom stereocenters. The van der Waals surface area contributed by atoms with Gasteiger partial charge in [-0.3, -0.25) is 23.9 Å². The Labute approximate surface area is 187 Å². The van der Waals surface area contributed by atoms with Crippen LogP contribution < -0.4 is 5.56 Å². The SMILES string of the molecule is COCCOC(=O)c1sc2ncn(CCCN3C(=O)c4ccccc4C3=O)c(=O)c2c1C. The van der Waals surface area contributed by atoms with Gasteiger partial charge in [-0.25, -0.2) is 9.78 Å². The number of esters is 1. The standard InChI is InChI=1S/C22H21N3O6S/c1-13-16-18(32-17(13)22(29)31-11-10-30-2)23-12-24(21(16)28)8-5-9-25-19(26)14-6-3-4-7-15(14)20(25)27/h3-4,6-7,12H,5,8-11H2,1-2H3. The Morgan fingerprint density at radius 2 is 1.75 bits per heavy atom. The lowest BCUT2D eigenvalue weighted by Crippen LogP contribution is -2.32. The Kier molecular flexibility index (Phi) is 6.15. The molecule has 3 heterocycles. The number of hydrogen-bond donors (Lipinski definition) is 0. The Morgan fingerprint density at radius 1 is 1.06 bits per heavy atom. The number of ether oxygens (including phenoxy) is 2. The molecule has 0 saturated heterocycles. The van der Waals surface area contributed by atoms with Crippen LogP contribution >= 0.6 is 11.3 Å². The van der Waals surface area contributed by atoms with E-state index in [1.165, 1.54) is 22.9 Å². The Bertz CT molecular complexity index is 1240. The van der Waals surface area contributed by atoms with Gasteiger partial charge < -0.3 is 9.47 Å². The fourth-order valence-electron chi connectivity index (χ4n) is 3.64. The highest BCUT2D eigenvalue weighted by Crippen LogP contribution is 2.27. The number of thiophene rings is 1. The molecule has 0 N–H and O–H groups in total. The number of rotatable bonds is 8. The molecule has 0 aliphatic carbocycles. The van der Waals surface area contributed by atoms with Crippen LogP contribution in [0.25, 0.3) is 10.2 Å². The highest BCUT2D eigenvalue weighted by Gasteiger charge is 2.34. The molecular formula is C22H21N3O6S. The van der Waals surface area contributed by atoms with E-state index in [0.717, 1.165) is 11.3 Å². The number of imide groups is 1. The predicted octanol–water partition coefficient (Wildman–Crippen LogP) is 2.26. The number of benzene rings is 1. The van der Waals surface area contributed by atoms with Gasteiger partial charge in [-0.1, -0.05) is 12.1 Å². The van der Waals surface area contributed by atoms with Crippen LogP contribution in [0.1, 0.15) is 42.4 Å². The average Bonchev–Trinajstić information content (AvgIpc) is 3.25. The van der Waals surface area contributed by atoms with Crippen LogP contribution in [0.2, 0.25) is 0 Å². The molecule has 0 fully saturated rings. The van der Waals surface area contributed by atoms with Crippen LogP contribution in [0.15, 0.2) is 35.4 Å². The van der Waals surface area contributed by atoms with Gasteiger partial charge in [0.25, 0.3) is 17.4 Å². The van der Waals surface area contributed by atoms with Crippen LogP contribution in [-0.4, -0.2) is 59.1 Å². The van der Waals surface area contributed by atoms with Gasteiger partial charge in [0, 0.05) is 20.2 Å². The van der Waals surface area contributed by atoms with Gasteiger partial charge in [-0.2, -0.15) is 0 Å². The van der Waals surface area contributed by atoms with Crippen molar-refractivity contribution in [2.24, 2.45) is 0 Å². The van der Waals surface area contributed by atoms with Crippen LogP contribution in [0.3, 0.4) is 0 Å². The van der Waals surface area contributed by atoms with E-state index < -0.39 is 5.97 Å². The van der Waals surface area contributed by atoms with Crippen LogP contribution in [0, 0.1) is 6.92 Å². The lowest BCUT2D eigenvalue weighted by atomic mass is 10.1. The van der Waals surface area contributed by atoms with Crippen molar-refractivity contribution in [2.45, 2.75) is 19.9 Å². The molecular weight excluding hydrogens is 434 g/mol. The lowest BCUT2D eigenvalue weighted by Gasteiger charge is -2.14. The third-order valence-electron chi connectivity index (χ3n) is 5.28. The second kappa shape index (κ2) is 9.01. The number of carbonyl (C=O) groups is 3. The molecule has 3 aromatic rings. The minimum absolute atomic E-state index is 0.123. The maximum Gasteiger partial charge on any atom is 0.348 e. The molecule has 1 aromatic carbocycles.